The van der Waals surface area contributed by atoms with E-state index in [4.69, 9.17) is 4.74 Å². The van der Waals surface area contributed by atoms with Crippen molar-refractivity contribution < 1.29 is 24.5 Å². The number of carboxylic acids is 1. The summed E-state index contributed by atoms with van der Waals surface area (Å²) in [5, 5.41) is 19.5. The molecule has 1 aromatic heterocycles. The molecule has 4 aromatic rings. The number of amides is 1. The maximum atomic E-state index is 13.6. The van der Waals surface area contributed by atoms with Crippen LogP contribution < -0.4 is 9.64 Å². The number of hydrogen-bond donors (Lipinski definition) is 2. The van der Waals surface area contributed by atoms with E-state index in [1.165, 1.54) is 0 Å². The fourth-order valence-corrected chi connectivity index (χ4v) is 7.49. The Morgan fingerprint density at radius 3 is 2.37 bits per heavy atom. The number of carbonyl (C=O) groups is 2. The van der Waals surface area contributed by atoms with Crippen LogP contribution in [0.15, 0.2) is 66.9 Å². The summed E-state index contributed by atoms with van der Waals surface area (Å²) in [5.74, 6) is -0.190. The molecule has 2 aliphatic heterocycles. The zero-order valence-corrected chi connectivity index (χ0v) is 30.2. The summed E-state index contributed by atoms with van der Waals surface area (Å²) in [6, 6.07) is 19.8. The fraction of sp³-hybridized carbons (Fsp3) is 0.357. The highest BCUT2D eigenvalue weighted by Crippen LogP contribution is 2.35. The van der Waals surface area contributed by atoms with Crippen molar-refractivity contribution in [1.29, 1.82) is 0 Å². The van der Waals surface area contributed by atoms with Gasteiger partial charge in [-0.15, -0.1) is 0 Å². The topological polar surface area (TPSA) is 106 Å². The van der Waals surface area contributed by atoms with Crippen LogP contribution in [0.4, 0.5) is 5.69 Å². The molecule has 3 aromatic carbocycles. The number of carbonyl (C=O) groups excluding carboxylic acids is 1. The summed E-state index contributed by atoms with van der Waals surface area (Å²) >= 11 is 0. The van der Waals surface area contributed by atoms with Crippen molar-refractivity contribution in [2.45, 2.75) is 65.3 Å². The molecule has 0 spiro atoms. The van der Waals surface area contributed by atoms with Crippen molar-refractivity contribution in [3.05, 3.63) is 111 Å². The minimum absolute atomic E-state index is 0.175. The SMILES string of the molecule is COc1cc(/C=C/c2cccc(-c3cccc(N(C)C(=O)c4ccc(CN5CC[C@@H](O)C5)cn4)c3C)c2C)c(C)cc1CN1CCC[C@H]1C(=O)O. The minimum atomic E-state index is -0.766. The molecule has 1 amide bonds. The average molecular weight is 689 g/mol. The number of ether oxygens (including phenoxy) is 1. The van der Waals surface area contributed by atoms with Crippen LogP contribution in [0.5, 0.6) is 5.75 Å². The molecule has 3 heterocycles. The molecule has 266 valence electrons. The lowest BCUT2D eigenvalue weighted by molar-refractivity contribution is -0.142. The van der Waals surface area contributed by atoms with Gasteiger partial charge in [0.1, 0.15) is 17.5 Å². The van der Waals surface area contributed by atoms with E-state index in [0.29, 0.717) is 31.7 Å². The summed E-state index contributed by atoms with van der Waals surface area (Å²) in [7, 11) is 3.45. The number of β-amino-alcohol motifs (C(OH)–C–C–N with tert-alkyl or cyclic N) is 1. The Labute approximate surface area is 300 Å². The van der Waals surface area contributed by atoms with Crippen molar-refractivity contribution in [2.75, 3.05) is 38.7 Å². The Morgan fingerprint density at radius 1 is 0.941 bits per heavy atom. The Kier molecular flexibility index (Phi) is 11.0. The van der Waals surface area contributed by atoms with Gasteiger partial charge in [-0.3, -0.25) is 24.4 Å². The predicted octanol–water partition coefficient (Wildman–Crippen LogP) is 6.75. The number of aliphatic hydroxyl groups excluding tert-OH is 1. The lowest BCUT2D eigenvalue weighted by Crippen LogP contribution is -2.35. The smallest absolute Gasteiger partial charge is 0.320 e. The fourth-order valence-electron chi connectivity index (χ4n) is 7.49. The number of hydrogen-bond acceptors (Lipinski definition) is 7. The van der Waals surface area contributed by atoms with Crippen LogP contribution in [0.25, 0.3) is 23.3 Å². The monoisotopic (exact) mass is 688 g/mol. The molecule has 0 aliphatic carbocycles. The van der Waals surface area contributed by atoms with Crippen LogP contribution in [-0.2, 0) is 17.9 Å². The number of pyridine rings is 1. The van der Waals surface area contributed by atoms with Gasteiger partial charge in [0.05, 0.1) is 13.2 Å². The molecule has 9 nitrogen and oxygen atoms in total. The Bertz CT molecular complexity index is 1940. The van der Waals surface area contributed by atoms with E-state index in [9.17, 15) is 19.8 Å². The summed E-state index contributed by atoms with van der Waals surface area (Å²) in [5.41, 5.74) is 10.7. The van der Waals surface area contributed by atoms with Crippen LogP contribution >= 0.6 is 0 Å². The third kappa shape index (κ3) is 7.91. The Hall–Kier alpha value is -4.83. The zero-order chi connectivity index (χ0) is 36.2. The number of carboxylic acid groups (broad SMARTS) is 1. The van der Waals surface area contributed by atoms with Gasteiger partial charge in [0, 0.05) is 50.7 Å². The highest BCUT2D eigenvalue weighted by atomic mass is 16.5. The lowest BCUT2D eigenvalue weighted by atomic mass is 9.92. The van der Waals surface area contributed by atoms with Gasteiger partial charge in [0.2, 0.25) is 0 Å². The van der Waals surface area contributed by atoms with Gasteiger partial charge in [0.25, 0.3) is 5.91 Å². The maximum Gasteiger partial charge on any atom is 0.320 e. The van der Waals surface area contributed by atoms with Gasteiger partial charge >= 0.3 is 5.97 Å². The van der Waals surface area contributed by atoms with Gasteiger partial charge in [0.15, 0.2) is 0 Å². The van der Waals surface area contributed by atoms with Gasteiger partial charge in [-0.05, 0) is 109 Å². The average Bonchev–Trinajstić information content (AvgIpc) is 3.77. The number of aliphatic carboxylic acids is 1. The van der Waals surface area contributed by atoms with E-state index in [-0.39, 0.29) is 12.0 Å². The largest absolute Gasteiger partial charge is 0.496 e. The second-order valence-corrected chi connectivity index (χ2v) is 13.9. The standard InChI is InChI=1S/C42H48N4O5/c1-27-21-33(25-46-19-8-13-39(46)42(49)50)40(51-5)22-32(27)16-15-31-9-6-10-35(28(31)2)36-11-7-12-38(29(36)3)44(4)41(48)37-17-14-30(23-43-37)24-45-20-18-34(47)26-45/h6-7,9-12,14-17,21-23,34,39,47H,8,13,18-20,24-26H2,1-5H3,(H,49,50)/b16-15+/t34-,39+/m1/s1. The normalized spacial score (nSPS) is 18.1. The van der Waals surface area contributed by atoms with Crippen molar-refractivity contribution in [3.8, 4) is 16.9 Å². The van der Waals surface area contributed by atoms with Gasteiger partial charge < -0.3 is 19.8 Å². The summed E-state index contributed by atoms with van der Waals surface area (Å²) < 4.78 is 5.77. The van der Waals surface area contributed by atoms with Crippen molar-refractivity contribution >= 4 is 29.7 Å². The van der Waals surface area contributed by atoms with Gasteiger partial charge in [-0.2, -0.15) is 0 Å². The predicted molar refractivity (Wildman–Crippen MR) is 202 cm³/mol. The lowest BCUT2D eigenvalue weighted by Gasteiger charge is -2.23. The molecule has 0 bridgehead atoms. The Morgan fingerprint density at radius 2 is 1.69 bits per heavy atom. The van der Waals surface area contributed by atoms with Crippen LogP contribution in [-0.4, -0.2) is 82.8 Å². The van der Waals surface area contributed by atoms with Gasteiger partial charge in [-0.25, -0.2) is 0 Å². The highest BCUT2D eigenvalue weighted by molar-refractivity contribution is 6.05. The molecule has 0 radical (unpaired) electrons. The second kappa shape index (κ2) is 15.6. The van der Waals surface area contributed by atoms with Crippen molar-refractivity contribution in [3.63, 3.8) is 0 Å². The first kappa shape index (κ1) is 36.0. The molecule has 2 atom stereocenters. The van der Waals surface area contributed by atoms with Crippen LogP contribution in [0, 0.1) is 20.8 Å². The molecule has 2 fully saturated rings. The molecular weight excluding hydrogens is 640 g/mol. The van der Waals surface area contributed by atoms with E-state index in [1.54, 1.807) is 31.3 Å². The van der Waals surface area contributed by atoms with Gasteiger partial charge in [-0.1, -0.05) is 54.6 Å². The molecule has 2 saturated heterocycles. The van der Waals surface area contributed by atoms with Crippen molar-refractivity contribution in [1.82, 2.24) is 14.8 Å². The molecule has 6 rings (SSSR count). The number of anilines is 1. The van der Waals surface area contributed by atoms with E-state index >= 15 is 0 Å². The quantitative estimate of drug-likeness (QED) is 0.167. The number of nitrogens with zero attached hydrogens (tertiary/aromatic N) is 4. The zero-order valence-electron chi connectivity index (χ0n) is 30.2. The van der Waals surface area contributed by atoms with Crippen molar-refractivity contribution in [2.24, 2.45) is 0 Å². The number of methoxy groups -OCH3 is 1. The molecular formula is C42H48N4O5. The number of aliphatic hydroxyl groups is 1. The summed E-state index contributed by atoms with van der Waals surface area (Å²) in [6.45, 7) is 9.78. The third-order valence-corrected chi connectivity index (χ3v) is 10.5. The highest BCUT2D eigenvalue weighted by Gasteiger charge is 2.31. The second-order valence-electron chi connectivity index (χ2n) is 13.9. The molecule has 0 unspecified atom stereocenters. The molecule has 9 heteroatoms. The number of rotatable bonds is 11. The number of aromatic nitrogens is 1. The van der Waals surface area contributed by atoms with Crippen LogP contribution in [0.2, 0.25) is 0 Å². The van der Waals surface area contributed by atoms with Crippen LogP contribution in [0.3, 0.4) is 0 Å². The van der Waals surface area contributed by atoms with E-state index in [0.717, 1.165) is 87.4 Å². The first-order chi connectivity index (χ1) is 24.5. The first-order valence-electron chi connectivity index (χ1n) is 17.7. The van der Waals surface area contributed by atoms with E-state index in [1.807, 2.05) is 29.2 Å². The third-order valence-electron chi connectivity index (χ3n) is 10.5. The number of aryl methyl sites for hydroxylation is 1. The Balaban J connectivity index is 1.20. The molecule has 0 saturated carbocycles. The summed E-state index contributed by atoms with van der Waals surface area (Å²) in [4.78, 5) is 35.7. The molecule has 2 N–H and O–H groups in total. The summed E-state index contributed by atoms with van der Waals surface area (Å²) in [6.07, 6.45) is 8.06. The van der Waals surface area contributed by atoms with E-state index in [2.05, 4.69) is 73.1 Å². The minimum Gasteiger partial charge on any atom is -0.496 e. The molecule has 2 aliphatic rings. The maximum absolute atomic E-state index is 13.6. The molecule has 51 heavy (non-hydrogen) atoms. The van der Waals surface area contributed by atoms with Crippen LogP contribution in [0.1, 0.15) is 68.7 Å². The van der Waals surface area contributed by atoms with E-state index < -0.39 is 12.0 Å². The first-order valence-corrected chi connectivity index (χ1v) is 17.7. The number of benzene rings is 3. The number of likely N-dealkylation sites (tertiary alicyclic amines) is 2.